The van der Waals surface area contributed by atoms with Gasteiger partial charge in [-0.3, -0.25) is 9.69 Å². The van der Waals surface area contributed by atoms with Crippen molar-refractivity contribution in [1.82, 2.24) is 15.5 Å². The lowest BCUT2D eigenvalue weighted by molar-refractivity contribution is -0.122. The molecule has 5 heteroatoms. The molecule has 2 N–H and O–H groups in total. The van der Waals surface area contributed by atoms with Gasteiger partial charge < -0.3 is 10.6 Å². The molecule has 100 valence electrons. The summed E-state index contributed by atoms with van der Waals surface area (Å²) in [6.07, 6.45) is 2.05. The molecule has 0 atom stereocenters. The molecule has 1 aliphatic rings. The Hall–Kier alpha value is -0.910. The summed E-state index contributed by atoms with van der Waals surface area (Å²) in [6, 6.07) is 2.11. The van der Waals surface area contributed by atoms with E-state index in [0.717, 1.165) is 45.6 Å². The maximum absolute atomic E-state index is 11.8. The van der Waals surface area contributed by atoms with Crippen LogP contribution in [-0.2, 0) is 11.2 Å². The van der Waals surface area contributed by atoms with Crippen molar-refractivity contribution in [3.05, 3.63) is 22.4 Å². The van der Waals surface area contributed by atoms with E-state index in [1.807, 2.05) is 0 Å². The normalized spacial score (nSPS) is 17.3. The number of carbonyl (C=O) groups is 1. The van der Waals surface area contributed by atoms with Gasteiger partial charge in [0.2, 0.25) is 5.91 Å². The van der Waals surface area contributed by atoms with Gasteiger partial charge in [0.15, 0.2) is 0 Å². The number of hydrogen-bond donors (Lipinski definition) is 2. The minimum Gasteiger partial charge on any atom is -0.355 e. The van der Waals surface area contributed by atoms with E-state index in [-0.39, 0.29) is 5.91 Å². The molecule has 0 saturated carbocycles. The summed E-state index contributed by atoms with van der Waals surface area (Å²) < 4.78 is 0. The van der Waals surface area contributed by atoms with Gasteiger partial charge in [-0.15, -0.1) is 0 Å². The molecule has 0 unspecified atom stereocenters. The zero-order chi connectivity index (χ0) is 12.6. The summed E-state index contributed by atoms with van der Waals surface area (Å²) in [5, 5.41) is 10.5. The molecule has 0 spiro atoms. The van der Waals surface area contributed by atoms with Crippen molar-refractivity contribution in [2.75, 3.05) is 39.3 Å². The van der Waals surface area contributed by atoms with Crippen LogP contribution in [0.15, 0.2) is 16.8 Å². The average Bonchev–Trinajstić information content (AvgIpc) is 2.74. The third-order valence-electron chi connectivity index (χ3n) is 3.12. The maximum Gasteiger partial charge on any atom is 0.234 e. The van der Waals surface area contributed by atoms with E-state index in [4.69, 9.17) is 0 Å². The van der Waals surface area contributed by atoms with Gasteiger partial charge in [-0.05, 0) is 48.3 Å². The first-order chi connectivity index (χ1) is 8.84. The minimum atomic E-state index is 0.145. The molecule has 4 nitrogen and oxygen atoms in total. The fraction of sp³-hybridized carbons (Fsp3) is 0.615. The number of nitrogens with one attached hydrogen (secondary N) is 2. The molecule has 0 aromatic carbocycles. The minimum absolute atomic E-state index is 0.145. The molecule has 1 saturated heterocycles. The molecule has 1 aromatic rings. The number of thiophene rings is 1. The Morgan fingerprint density at radius 2 is 2.39 bits per heavy atom. The number of rotatable bonds is 5. The van der Waals surface area contributed by atoms with Gasteiger partial charge >= 0.3 is 0 Å². The highest BCUT2D eigenvalue weighted by Gasteiger charge is 2.11. The van der Waals surface area contributed by atoms with Gasteiger partial charge in [-0.2, -0.15) is 11.3 Å². The predicted molar refractivity (Wildman–Crippen MR) is 75.0 cm³/mol. The summed E-state index contributed by atoms with van der Waals surface area (Å²) in [4.78, 5) is 14.0. The standard InChI is InChI=1S/C13H21N3OS/c17-13(10-16-7-1-4-14-6-8-16)15-5-2-12-3-9-18-11-12/h3,9,11,14H,1-2,4-8,10H2,(H,15,17). The van der Waals surface area contributed by atoms with Crippen molar-refractivity contribution >= 4 is 17.2 Å². The molecule has 0 bridgehead atoms. The third kappa shape index (κ3) is 4.76. The van der Waals surface area contributed by atoms with E-state index in [2.05, 4.69) is 32.4 Å². The summed E-state index contributed by atoms with van der Waals surface area (Å²) >= 11 is 1.70. The van der Waals surface area contributed by atoms with Crippen molar-refractivity contribution in [3.63, 3.8) is 0 Å². The fourth-order valence-corrected chi connectivity index (χ4v) is 2.80. The summed E-state index contributed by atoms with van der Waals surface area (Å²) in [5.41, 5.74) is 1.30. The van der Waals surface area contributed by atoms with Gasteiger partial charge in [-0.1, -0.05) is 0 Å². The van der Waals surface area contributed by atoms with Crippen LogP contribution >= 0.6 is 11.3 Å². The van der Waals surface area contributed by atoms with E-state index in [9.17, 15) is 4.79 Å². The van der Waals surface area contributed by atoms with Gasteiger partial charge in [0.05, 0.1) is 6.54 Å². The highest BCUT2D eigenvalue weighted by atomic mass is 32.1. The molecule has 0 radical (unpaired) electrons. The van der Waals surface area contributed by atoms with Crippen molar-refractivity contribution < 1.29 is 4.79 Å². The number of amides is 1. The summed E-state index contributed by atoms with van der Waals surface area (Å²) in [7, 11) is 0. The Kier molecular flexibility index (Phi) is 5.64. The van der Waals surface area contributed by atoms with E-state index in [1.165, 1.54) is 5.56 Å². The fourth-order valence-electron chi connectivity index (χ4n) is 2.10. The van der Waals surface area contributed by atoms with Crippen LogP contribution in [0, 0.1) is 0 Å². The molecule has 1 aromatic heterocycles. The summed E-state index contributed by atoms with van der Waals surface area (Å²) in [5.74, 6) is 0.145. The zero-order valence-corrected chi connectivity index (χ0v) is 11.5. The van der Waals surface area contributed by atoms with Gasteiger partial charge in [0, 0.05) is 19.6 Å². The molecular weight excluding hydrogens is 246 g/mol. The quantitative estimate of drug-likeness (QED) is 0.825. The van der Waals surface area contributed by atoms with E-state index < -0.39 is 0 Å². The van der Waals surface area contributed by atoms with Crippen LogP contribution in [0.25, 0.3) is 0 Å². The number of carbonyl (C=O) groups excluding carboxylic acids is 1. The van der Waals surface area contributed by atoms with Crippen molar-refractivity contribution in [2.24, 2.45) is 0 Å². The highest BCUT2D eigenvalue weighted by Crippen LogP contribution is 2.05. The predicted octanol–water partition coefficient (Wildman–Crippen LogP) is 0.702. The molecule has 18 heavy (non-hydrogen) atoms. The lowest BCUT2D eigenvalue weighted by atomic mass is 10.2. The second-order valence-electron chi connectivity index (χ2n) is 4.61. The highest BCUT2D eigenvalue weighted by molar-refractivity contribution is 7.07. The Bertz CT molecular complexity index is 345. The van der Waals surface area contributed by atoms with Crippen LogP contribution in [0.1, 0.15) is 12.0 Å². The molecule has 1 amide bonds. The first kappa shape index (κ1) is 13.5. The van der Waals surface area contributed by atoms with Gasteiger partial charge in [-0.25, -0.2) is 0 Å². The molecular formula is C13H21N3OS. The Labute approximate surface area is 112 Å². The van der Waals surface area contributed by atoms with Crippen molar-refractivity contribution in [3.8, 4) is 0 Å². The molecule has 1 aliphatic heterocycles. The van der Waals surface area contributed by atoms with Crippen molar-refractivity contribution in [1.29, 1.82) is 0 Å². The average molecular weight is 267 g/mol. The first-order valence-electron chi connectivity index (χ1n) is 6.55. The first-order valence-corrected chi connectivity index (χ1v) is 7.50. The molecule has 0 aliphatic carbocycles. The van der Waals surface area contributed by atoms with Crippen LogP contribution in [0.3, 0.4) is 0 Å². The van der Waals surface area contributed by atoms with Crippen molar-refractivity contribution in [2.45, 2.75) is 12.8 Å². The monoisotopic (exact) mass is 267 g/mol. The second-order valence-corrected chi connectivity index (χ2v) is 5.39. The number of hydrogen-bond acceptors (Lipinski definition) is 4. The van der Waals surface area contributed by atoms with E-state index >= 15 is 0 Å². The van der Waals surface area contributed by atoms with Crippen LogP contribution < -0.4 is 10.6 Å². The SMILES string of the molecule is O=C(CN1CCCNCC1)NCCc1ccsc1. The lowest BCUT2D eigenvalue weighted by Crippen LogP contribution is -2.39. The molecule has 2 rings (SSSR count). The van der Waals surface area contributed by atoms with Gasteiger partial charge in [0.25, 0.3) is 0 Å². The van der Waals surface area contributed by atoms with Gasteiger partial charge in [0.1, 0.15) is 0 Å². The maximum atomic E-state index is 11.8. The Morgan fingerprint density at radius 3 is 3.22 bits per heavy atom. The third-order valence-corrected chi connectivity index (χ3v) is 3.85. The van der Waals surface area contributed by atoms with Crippen LogP contribution in [0.4, 0.5) is 0 Å². The molecule has 2 heterocycles. The Morgan fingerprint density at radius 1 is 1.44 bits per heavy atom. The van der Waals surface area contributed by atoms with E-state index in [1.54, 1.807) is 11.3 Å². The largest absolute Gasteiger partial charge is 0.355 e. The van der Waals surface area contributed by atoms with E-state index in [0.29, 0.717) is 6.54 Å². The van der Waals surface area contributed by atoms with Crippen LogP contribution in [0.2, 0.25) is 0 Å². The number of nitrogens with zero attached hydrogens (tertiary/aromatic N) is 1. The van der Waals surface area contributed by atoms with Crippen LogP contribution in [0.5, 0.6) is 0 Å². The molecule has 1 fully saturated rings. The van der Waals surface area contributed by atoms with Crippen LogP contribution in [-0.4, -0.2) is 50.1 Å². The summed E-state index contributed by atoms with van der Waals surface area (Å²) in [6.45, 7) is 5.31. The smallest absolute Gasteiger partial charge is 0.234 e. The lowest BCUT2D eigenvalue weighted by Gasteiger charge is -2.18. The topological polar surface area (TPSA) is 44.4 Å². The second kappa shape index (κ2) is 7.51. The Balaban J connectivity index is 1.62. The zero-order valence-electron chi connectivity index (χ0n) is 10.7.